The van der Waals surface area contributed by atoms with E-state index in [4.69, 9.17) is 0 Å². The van der Waals surface area contributed by atoms with E-state index >= 15 is 0 Å². The van der Waals surface area contributed by atoms with Gasteiger partial charge in [0.05, 0.1) is 0 Å². The highest BCUT2D eigenvalue weighted by Gasteiger charge is 2.23. The molecule has 4 heteroatoms. The molecule has 1 saturated heterocycles. The normalized spacial score (nSPS) is 21.2. The first-order valence-corrected chi connectivity index (χ1v) is 8.14. The maximum absolute atomic E-state index is 12.2. The van der Waals surface area contributed by atoms with Crippen LogP contribution in [-0.4, -0.2) is 30.1 Å². The number of nitrogens with zero attached hydrogens (tertiary/aromatic N) is 1. The first-order chi connectivity index (χ1) is 9.19. The van der Waals surface area contributed by atoms with Crippen molar-refractivity contribution >= 4 is 17.4 Å². The molecule has 2 amide bonds. The summed E-state index contributed by atoms with van der Waals surface area (Å²) in [6, 6.07) is 4.50. The highest BCUT2D eigenvalue weighted by Crippen LogP contribution is 2.19. The SMILES string of the molecule is CCC1CCCN(C(=O)NC(C)Cc2cccs2)C1. The largest absolute Gasteiger partial charge is 0.335 e. The van der Waals surface area contributed by atoms with Crippen molar-refractivity contribution in [2.45, 2.75) is 45.6 Å². The molecule has 19 heavy (non-hydrogen) atoms. The number of rotatable bonds is 4. The second kappa shape index (κ2) is 6.94. The summed E-state index contributed by atoms with van der Waals surface area (Å²) in [5.74, 6) is 0.687. The number of piperidine rings is 1. The molecule has 106 valence electrons. The number of urea groups is 1. The minimum atomic E-state index is 0.113. The van der Waals surface area contributed by atoms with Gasteiger partial charge in [-0.05, 0) is 37.1 Å². The Balaban J connectivity index is 1.79. The van der Waals surface area contributed by atoms with Crippen LogP contribution in [0.1, 0.15) is 38.0 Å². The smallest absolute Gasteiger partial charge is 0.317 e. The molecule has 1 aromatic rings. The van der Waals surface area contributed by atoms with Gasteiger partial charge in [-0.2, -0.15) is 0 Å². The van der Waals surface area contributed by atoms with Gasteiger partial charge in [-0.1, -0.05) is 19.4 Å². The summed E-state index contributed by atoms with van der Waals surface area (Å²) >= 11 is 1.75. The van der Waals surface area contributed by atoms with Gasteiger partial charge in [0.1, 0.15) is 0 Å². The summed E-state index contributed by atoms with van der Waals surface area (Å²) < 4.78 is 0. The number of likely N-dealkylation sites (tertiary alicyclic amines) is 1. The third kappa shape index (κ3) is 4.23. The fraction of sp³-hybridized carbons (Fsp3) is 0.667. The molecule has 1 aliphatic heterocycles. The Morgan fingerprint density at radius 3 is 3.16 bits per heavy atom. The van der Waals surface area contributed by atoms with E-state index in [0.29, 0.717) is 5.92 Å². The highest BCUT2D eigenvalue weighted by atomic mass is 32.1. The summed E-state index contributed by atoms with van der Waals surface area (Å²) in [5.41, 5.74) is 0. The van der Waals surface area contributed by atoms with Gasteiger partial charge in [0, 0.05) is 30.4 Å². The molecule has 0 radical (unpaired) electrons. The molecular weight excluding hydrogens is 256 g/mol. The molecule has 1 fully saturated rings. The molecule has 0 spiro atoms. The average molecular weight is 280 g/mol. The van der Waals surface area contributed by atoms with Crippen LogP contribution in [0.3, 0.4) is 0 Å². The Morgan fingerprint density at radius 1 is 1.63 bits per heavy atom. The second-order valence-corrected chi connectivity index (χ2v) is 6.53. The minimum Gasteiger partial charge on any atom is -0.335 e. The van der Waals surface area contributed by atoms with Crippen LogP contribution in [0.5, 0.6) is 0 Å². The van der Waals surface area contributed by atoms with Crippen molar-refractivity contribution in [2.24, 2.45) is 5.92 Å². The van der Waals surface area contributed by atoms with Gasteiger partial charge in [0.15, 0.2) is 0 Å². The summed E-state index contributed by atoms with van der Waals surface area (Å²) in [5, 5.41) is 5.21. The third-order valence-electron chi connectivity index (χ3n) is 3.84. The molecule has 2 heterocycles. The van der Waals surface area contributed by atoms with Crippen molar-refractivity contribution < 1.29 is 4.79 Å². The number of carbonyl (C=O) groups excluding carboxylic acids is 1. The molecule has 3 nitrogen and oxygen atoms in total. The lowest BCUT2D eigenvalue weighted by Gasteiger charge is -2.33. The minimum absolute atomic E-state index is 0.113. The molecular formula is C15H24N2OS. The number of hydrogen-bond donors (Lipinski definition) is 1. The topological polar surface area (TPSA) is 32.3 Å². The van der Waals surface area contributed by atoms with E-state index in [0.717, 1.165) is 25.9 Å². The van der Waals surface area contributed by atoms with Crippen molar-refractivity contribution in [3.8, 4) is 0 Å². The first-order valence-electron chi connectivity index (χ1n) is 7.27. The third-order valence-corrected chi connectivity index (χ3v) is 4.74. The first kappa shape index (κ1) is 14.4. The van der Waals surface area contributed by atoms with Gasteiger partial charge in [-0.25, -0.2) is 4.79 Å². The fourth-order valence-electron chi connectivity index (χ4n) is 2.67. The zero-order chi connectivity index (χ0) is 13.7. The number of nitrogens with one attached hydrogen (secondary N) is 1. The summed E-state index contributed by atoms with van der Waals surface area (Å²) in [7, 11) is 0. The Hall–Kier alpha value is -1.03. The van der Waals surface area contributed by atoms with Crippen molar-refractivity contribution in [3.05, 3.63) is 22.4 Å². The van der Waals surface area contributed by atoms with Crippen LogP contribution in [0.15, 0.2) is 17.5 Å². The van der Waals surface area contributed by atoms with E-state index in [1.54, 1.807) is 11.3 Å². The molecule has 2 atom stereocenters. The molecule has 0 bridgehead atoms. The highest BCUT2D eigenvalue weighted by molar-refractivity contribution is 7.09. The molecule has 1 aromatic heterocycles. The van der Waals surface area contributed by atoms with E-state index in [9.17, 15) is 4.79 Å². The zero-order valence-corrected chi connectivity index (χ0v) is 12.7. The van der Waals surface area contributed by atoms with Gasteiger partial charge >= 0.3 is 6.03 Å². The van der Waals surface area contributed by atoms with Gasteiger partial charge in [-0.15, -0.1) is 11.3 Å². The van der Waals surface area contributed by atoms with E-state index in [1.165, 1.54) is 17.7 Å². The lowest BCUT2D eigenvalue weighted by Crippen LogP contribution is -2.48. The molecule has 1 N–H and O–H groups in total. The van der Waals surface area contributed by atoms with Crippen LogP contribution >= 0.6 is 11.3 Å². The van der Waals surface area contributed by atoms with Crippen molar-refractivity contribution in [3.63, 3.8) is 0 Å². The Morgan fingerprint density at radius 2 is 2.47 bits per heavy atom. The zero-order valence-electron chi connectivity index (χ0n) is 11.9. The van der Waals surface area contributed by atoms with Crippen LogP contribution < -0.4 is 5.32 Å². The summed E-state index contributed by atoms with van der Waals surface area (Å²) in [6.45, 7) is 6.13. The van der Waals surface area contributed by atoms with E-state index in [-0.39, 0.29) is 12.1 Å². The molecule has 0 aliphatic carbocycles. The number of amides is 2. The predicted octanol–water partition coefficient (Wildman–Crippen LogP) is 3.51. The van der Waals surface area contributed by atoms with E-state index in [1.807, 2.05) is 4.90 Å². The number of carbonyl (C=O) groups is 1. The summed E-state index contributed by atoms with van der Waals surface area (Å²) in [6.07, 6.45) is 4.51. The molecule has 2 rings (SSSR count). The van der Waals surface area contributed by atoms with Gasteiger partial charge in [0.25, 0.3) is 0 Å². The van der Waals surface area contributed by atoms with Crippen molar-refractivity contribution in [1.29, 1.82) is 0 Å². The van der Waals surface area contributed by atoms with Crippen molar-refractivity contribution in [1.82, 2.24) is 10.2 Å². The van der Waals surface area contributed by atoms with E-state index in [2.05, 4.69) is 36.7 Å². The molecule has 2 unspecified atom stereocenters. The van der Waals surface area contributed by atoms with Gasteiger partial charge in [0.2, 0.25) is 0 Å². The predicted molar refractivity (Wildman–Crippen MR) is 80.6 cm³/mol. The van der Waals surface area contributed by atoms with Crippen LogP contribution in [0, 0.1) is 5.92 Å². The Bertz CT molecular complexity index is 391. The van der Waals surface area contributed by atoms with Gasteiger partial charge < -0.3 is 10.2 Å². The lowest BCUT2D eigenvalue weighted by molar-refractivity contribution is 0.161. The number of hydrogen-bond acceptors (Lipinski definition) is 2. The average Bonchev–Trinajstić information content (AvgIpc) is 2.91. The van der Waals surface area contributed by atoms with Crippen LogP contribution in [0.2, 0.25) is 0 Å². The fourth-order valence-corrected chi connectivity index (χ4v) is 3.50. The molecule has 1 aliphatic rings. The van der Waals surface area contributed by atoms with Crippen LogP contribution in [-0.2, 0) is 6.42 Å². The molecule has 0 saturated carbocycles. The van der Waals surface area contributed by atoms with Gasteiger partial charge in [-0.3, -0.25) is 0 Å². The quantitative estimate of drug-likeness (QED) is 0.899. The maximum atomic E-state index is 12.2. The maximum Gasteiger partial charge on any atom is 0.317 e. The lowest BCUT2D eigenvalue weighted by atomic mass is 9.96. The van der Waals surface area contributed by atoms with Crippen LogP contribution in [0.4, 0.5) is 4.79 Å². The van der Waals surface area contributed by atoms with E-state index < -0.39 is 0 Å². The summed E-state index contributed by atoms with van der Waals surface area (Å²) in [4.78, 5) is 15.5. The molecule has 0 aromatic carbocycles. The van der Waals surface area contributed by atoms with Crippen molar-refractivity contribution in [2.75, 3.05) is 13.1 Å². The van der Waals surface area contributed by atoms with Crippen LogP contribution in [0.25, 0.3) is 0 Å². The Labute approximate surface area is 120 Å². The standard InChI is InChI=1S/C15H24N2OS/c1-3-13-6-4-8-17(11-13)15(18)16-12(2)10-14-7-5-9-19-14/h5,7,9,12-13H,3-4,6,8,10-11H2,1-2H3,(H,16,18). The number of thiophene rings is 1. The monoisotopic (exact) mass is 280 g/mol. The Kier molecular flexibility index (Phi) is 5.25. The second-order valence-electron chi connectivity index (χ2n) is 5.50.